The van der Waals surface area contributed by atoms with E-state index in [-0.39, 0.29) is 5.91 Å². The lowest BCUT2D eigenvalue weighted by molar-refractivity contribution is -0.115. The maximum Gasteiger partial charge on any atom is 0.251 e. The van der Waals surface area contributed by atoms with E-state index in [1.807, 2.05) is 50.3 Å². The Hall–Kier alpha value is -2.43. The molecule has 0 radical (unpaired) electrons. The van der Waals surface area contributed by atoms with Gasteiger partial charge in [-0.2, -0.15) is 0 Å². The summed E-state index contributed by atoms with van der Waals surface area (Å²) in [5.74, 6) is 0.782. The number of nitrogens with one attached hydrogen (secondary N) is 1. The Morgan fingerprint density at radius 1 is 1.10 bits per heavy atom. The first-order valence-corrected chi connectivity index (χ1v) is 10.0. The quantitative estimate of drug-likeness (QED) is 0.286. The maximum absolute atomic E-state index is 12.1. The minimum atomic E-state index is -0.204. The van der Waals surface area contributed by atoms with Crippen LogP contribution in [0, 0.1) is 0 Å². The number of ether oxygens (including phenoxy) is 2. The highest BCUT2D eigenvalue weighted by Crippen LogP contribution is 2.37. The van der Waals surface area contributed by atoms with Crippen LogP contribution in [0.15, 0.2) is 60.7 Å². The van der Waals surface area contributed by atoms with E-state index in [0.29, 0.717) is 53.3 Å². The second kappa shape index (κ2) is 11.5. The first-order chi connectivity index (χ1) is 13.9. The molecule has 0 spiro atoms. The molecule has 6 heteroatoms. The van der Waals surface area contributed by atoms with Crippen LogP contribution in [0.3, 0.4) is 0 Å². The zero-order valence-electron chi connectivity index (χ0n) is 16.6. The molecule has 0 fully saturated rings. The van der Waals surface area contributed by atoms with Crippen molar-refractivity contribution in [2.45, 2.75) is 20.3 Å². The van der Waals surface area contributed by atoms with Crippen molar-refractivity contribution in [1.29, 1.82) is 0 Å². The van der Waals surface area contributed by atoms with E-state index >= 15 is 0 Å². The SMILES string of the molecule is C=C(C(=O)NCCCOc1c(Cl)cc(OCC=C(C)C)cc1Cl)c1ccccc1. The van der Waals surface area contributed by atoms with Gasteiger partial charge < -0.3 is 14.8 Å². The summed E-state index contributed by atoms with van der Waals surface area (Å²) in [6.07, 6.45) is 2.56. The zero-order valence-corrected chi connectivity index (χ0v) is 18.1. The van der Waals surface area contributed by atoms with Gasteiger partial charge in [0.1, 0.15) is 12.4 Å². The Bertz CT molecular complexity index is 852. The van der Waals surface area contributed by atoms with Crippen LogP contribution >= 0.6 is 23.2 Å². The molecule has 0 unspecified atom stereocenters. The Morgan fingerprint density at radius 2 is 1.76 bits per heavy atom. The molecule has 2 aromatic carbocycles. The molecule has 29 heavy (non-hydrogen) atoms. The molecule has 0 heterocycles. The Labute approximate surface area is 182 Å². The first-order valence-electron chi connectivity index (χ1n) is 9.29. The summed E-state index contributed by atoms with van der Waals surface area (Å²) in [6.45, 7) is 9.09. The van der Waals surface area contributed by atoms with Gasteiger partial charge in [0.2, 0.25) is 0 Å². The molecule has 1 N–H and O–H groups in total. The summed E-state index contributed by atoms with van der Waals surface area (Å²) >= 11 is 12.5. The van der Waals surface area contributed by atoms with Gasteiger partial charge in [0.05, 0.1) is 16.7 Å². The van der Waals surface area contributed by atoms with Gasteiger partial charge in [-0.05, 0) is 31.9 Å². The number of benzene rings is 2. The molecule has 0 saturated heterocycles. The van der Waals surface area contributed by atoms with Gasteiger partial charge in [-0.1, -0.05) is 65.7 Å². The summed E-state index contributed by atoms with van der Waals surface area (Å²) in [7, 11) is 0. The molecule has 2 aromatic rings. The molecule has 0 saturated carbocycles. The predicted molar refractivity (Wildman–Crippen MR) is 120 cm³/mol. The number of halogens is 2. The van der Waals surface area contributed by atoms with E-state index < -0.39 is 0 Å². The van der Waals surface area contributed by atoms with E-state index in [0.717, 1.165) is 5.56 Å². The van der Waals surface area contributed by atoms with Crippen LogP contribution in [0.2, 0.25) is 10.0 Å². The number of hydrogen-bond acceptors (Lipinski definition) is 3. The second-order valence-corrected chi connectivity index (χ2v) is 7.43. The minimum Gasteiger partial charge on any atom is -0.490 e. The molecule has 0 aliphatic rings. The highest BCUT2D eigenvalue weighted by atomic mass is 35.5. The molecule has 1 amide bonds. The number of hydrogen-bond donors (Lipinski definition) is 1. The van der Waals surface area contributed by atoms with E-state index in [1.54, 1.807) is 12.1 Å². The lowest BCUT2D eigenvalue weighted by Gasteiger charge is -2.13. The maximum atomic E-state index is 12.1. The van der Waals surface area contributed by atoms with Crippen LogP contribution in [-0.4, -0.2) is 25.7 Å². The standard InChI is InChI=1S/C23H25Cl2NO3/c1-16(2)10-13-28-19-14-20(24)22(21(25)15-19)29-12-7-11-26-23(27)17(3)18-8-5-4-6-9-18/h4-6,8-10,14-15H,3,7,11-13H2,1-2H3,(H,26,27). The summed E-state index contributed by atoms with van der Waals surface area (Å²) in [5.41, 5.74) is 2.40. The monoisotopic (exact) mass is 433 g/mol. The normalized spacial score (nSPS) is 10.2. The van der Waals surface area contributed by atoms with Gasteiger partial charge in [-0.3, -0.25) is 4.79 Å². The third-order valence-corrected chi connectivity index (χ3v) is 4.52. The fourth-order valence-corrected chi connectivity index (χ4v) is 2.96. The second-order valence-electron chi connectivity index (χ2n) is 6.61. The molecule has 2 rings (SSSR count). The number of carbonyl (C=O) groups excluding carboxylic acids is 1. The van der Waals surface area contributed by atoms with Gasteiger partial charge in [-0.15, -0.1) is 0 Å². The van der Waals surface area contributed by atoms with Crippen LogP contribution in [0.25, 0.3) is 5.57 Å². The molecule has 0 aromatic heterocycles. The van der Waals surface area contributed by atoms with Crippen LogP contribution in [-0.2, 0) is 4.79 Å². The summed E-state index contributed by atoms with van der Waals surface area (Å²) in [4.78, 5) is 12.1. The number of allylic oxidation sites excluding steroid dienone is 1. The average Bonchev–Trinajstić information content (AvgIpc) is 2.69. The topological polar surface area (TPSA) is 47.6 Å². The van der Waals surface area contributed by atoms with Crippen molar-refractivity contribution in [3.8, 4) is 11.5 Å². The molecule has 0 aliphatic heterocycles. The number of carbonyl (C=O) groups is 1. The van der Waals surface area contributed by atoms with Gasteiger partial charge in [0.15, 0.2) is 5.75 Å². The van der Waals surface area contributed by atoms with E-state index in [1.165, 1.54) is 5.57 Å². The summed E-state index contributed by atoms with van der Waals surface area (Å²) in [5, 5.41) is 3.59. The van der Waals surface area contributed by atoms with Crippen molar-refractivity contribution in [2.75, 3.05) is 19.8 Å². The first kappa shape index (κ1) is 22.9. The van der Waals surface area contributed by atoms with Gasteiger partial charge in [0, 0.05) is 24.3 Å². The minimum absolute atomic E-state index is 0.204. The van der Waals surface area contributed by atoms with Crippen molar-refractivity contribution in [2.24, 2.45) is 0 Å². The van der Waals surface area contributed by atoms with Gasteiger partial charge >= 0.3 is 0 Å². The lowest BCUT2D eigenvalue weighted by atomic mass is 10.1. The van der Waals surface area contributed by atoms with Crippen LogP contribution in [0.1, 0.15) is 25.8 Å². The zero-order chi connectivity index (χ0) is 21.2. The summed E-state index contributed by atoms with van der Waals surface area (Å²) in [6, 6.07) is 12.7. The van der Waals surface area contributed by atoms with Gasteiger partial charge in [0.25, 0.3) is 5.91 Å². The van der Waals surface area contributed by atoms with Crippen molar-refractivity contribution in [3.05, 3.63) is 76.3 Å². The van der Waals surface area contributed by atoms with Crippen molar-refractivity contribution in [1.82, 2.24) is 5.32 Å². The molecule has 4 nitrogen and oxygen atoms in total. The summed E-state index contributed by atoms with van der Waals surface area (Å²) < 4.78 is 11.3. The smallest absolute Gasteiger partial charge is 0.251 e. The Kier molecular flexibility index (Phi) is 9.10. The largest absolute Gasteiger partial charge is 0.490 e. The molecule has 0 atom stereocenters. The number of rotatable bonds is 10. The fraction of sp³-hybridized carbons (Fsp3) is 0.261. The fourth-order valence-electron chi connectivity index (χ4n) is 2.39. The van der Waals surface area contributed by atoms with E-state index in [2.05, 4.69) is 11.9 Å². The Balaban J connectivity index is 1.78. The third kappa shape index (κ3) is 7.48. The lowest BCUT2D eigenvalue weighted by Crippen LogP contribution is -2.26. The highest BCUT2D eigenvalue weighted by Gasteiger charge is 2.11. The molecular formula is C23H25Cl2NO3. The van der Waals surface area contributed by atoms with Crippen molar-refractivity contribution >= 4 is 34.7 Å². The average molecular weight is 434 g/mol. The number of amides is 1. The third-order valence-electron chi connectivity index (χ3n) is 3.96. The molecular weight excluding hydrogens is 409 g/mol. The highest BCUT2D eigenvalue weighted by molar-refractivity contribution is 6.37. The molecule has 154 valence electrons. The predicted octanol–water partition coefficient (Wildman–Crippen LogP) is 5.94. The Morgan fingerprint density at radius 3 is 2.38 bits per heavy atom. The van der Waals surface area contributed by atoms with Crippen molar-refractivity contribution < 1.29 is 14.3 Å². The molecule has 0 bridgehead atoms. The van der Waals surface area contributed by atoms with Crippen LogP contribution in [0.5, 0.6) is 11.5 Å². The van der Waals surface area contributed by atoms with E-state index in [9.17, 15) is 4.79 Å². The van der Waals surface area contributed by atoms with Crippen molar-refractivity contribution in [3.63, 3.8) is 0 Å². The van der Waals surface area contributed by atoms with E-state index in [4.69, 9.17) is 32.7 Å². The van der Waals surface area contributed by atoms with Crippen LogP contribution in [0.4, 0.5) is 0 Å². The van der Waals surface area contributed by atoms with Crippen LogP contribution < -0.4 is 14.8 Å². The van der Waals surface area contributed by atoms with Gasteiger partial charge in [-0.25, -0.2) is 0 Å². The molecule has 0 aliphatic carbocycles.